The van der Waals surface area contributed by atoms with Gasteiger partial charge in [-0.3, -0.25) is 0 Å². The molecular weight excluding hydrogens is 224 g/mol. The van der Waals surface area contributed by atoms with Gasteiger partial charge >= 0.3 is 5.97 Å². The van der Waals surface area contributed by atoms with E-state index in [-0.39, 0.29) is 17.0 Å². The monoisotopic (exact) mass is 231 g/mol. The minimum absolute atomic E-state index is 0. The normalized spacial score (nSPS) is 32.0. The number of hydrogen-bond donors (Lipinski definition) is 1. The van der Waals surface area contributed by atoms with E-state index in [9.17, 15) is 13.6 Å². The fraction of sp³-hybridized carbons (Fsp3) is 0.800. The Bertz CT molecular complexity index is 187. The number of carbonyl (C=O) groups is 1. The van der Waals surface area contributed by atoms with E-state index in [4.69, 9.17) is 5.73 Å². The predicted octanol–water partition coefficient (Wildman–Crippen LogP) is 0.474. The lowest BCUT2D eigenvalue weighted by Crippen LogP contribution is -2.40. The molecule has 0 aromatic rings. The molecule has 1 atom stereocenters. The molecule has 11 heavy (non-hydrogen) atoms. The Labute approximate surface area is 72.7 Å². The second kappa shape index (κ2) is 2.67. The quantitative estimate of drug-likeness (QED) is 0.668. The fourth-order valence-electron chi connectivity index (χ4n) is 0.710. The van der Waals surface area contributed by atoms with Gasteiger partial charge in [-0.05, 0) is 0 Å². The van der Waals surface area contributed by atoms with Gasteiger partial charge in [0.15, 0.2) is 5.54 Å². The summed E-state index contributed by atoms with van der Waals surface area (Å²) >= 11 is 0. The molecule has 0 aromatic carbocycles. The van der Waals surface area contributed by atoms with Gasteiger partial charge in [0.25, 0.3) is 5.92 Å². The molecule has 3 nitrogen and oxygen atoms in total. The van der Waals surface area contributed by atoms with Crippen LogP contribution in [0.2, 0.25) is 0 Å². The second-order valence-corrected chi connectivity index (χ2v) is 2.34. The molecule has 0 bridgehead atoms. The van der Waals surface area contributed by atoms with Crippen LogP contribution in [0.1, 0.15) is 6.42 Å². The van der Waals surface area contributed by atoms with E-state index in [1.807, 2.05) is 0 Å². The van der Waals surface area contributed by atoms with E-state index in [1.54, 1.807) is 0 Å². The summed E-state index contributed by atoms with van der Waals surface area (Å²) in [4.78, 5) is 10.5. The third kappa shape index (κ3) is 1.37. The number of hydrogen-bond acceptors (Lipinski definition) is 3. The van der Waals surface area contributed by atoms with Crippen molar-refractivity contribution >= 4 is 23.0 Å². The lowest BCUT2D eigenvalue weighted by atomic mass is 10.3. The maximum Gasteiger partial charge on any atom is 0.332 e. The van der Waals surface area contributed by atoms with Gasteiger partial charge in [0.1, 0.15) is 0 Å². The topological polar surface area (TPSA) is 52.3 Å². The summed E-state index contributed by atoms with van der Waals surface area (Å²) in [7, 11) is 1.03. The summed E-state index contributed by atoms with van der Waals surface area (Å²) < 4.78 is 28.5. The van der Waals surface area contributed by atoms with Crippen molar-refractivity contribution in [3.05, 3.63) is 0 Å². The molecule has 1 aliphatic carbocycles. The second-order valence-electron chi connectivity index (χ2n) is 2.34. The molecule has 66 valence electrons. The molecule has 6 heteroatoms. The standard InChI is InChI=1S/C5H7F2NO2.BrH/c1-10-3(9)4(8)2-5(4,6)7;/h2,8H2,1H3;1H. The van der Waals surface area contributed by atoms with Gasteiger partial charge in [0, 0.05) is 6.42 Å². The molecule has 1 rings (SSSR count). The molecule has 0 aromatic heterocycles. The van der Waals surface area contributed by atoms with Gasteiger partial charge in [-0.15, -0.1) is 17.0 Å². The van der Waals surface area contributed by atoms with Crippen LogP contribution in [0.3, 0.4) is 0 Å². The zero-order chi connectivity index (χ0) is 7.99. The van der Waals surface area contributed by atoms with Crippen LogP contribution in [0.5, 0.6) is 0 Å². The molecule has 0 radical (unpaired) electrons. The molecule has 1 unspecified atom stereocenters. The fourth-order valence-corrected chi connectivity index (χ4v) is 0.710. The first-order valence-corrected chi connectivity index (χ1v) is 2.69. The van der Waals surface area contributed by atoms with Gasteiger partial charge in [-0.25, -0.2) is 13.6 Å². The van der Waals surface area contributed by atoms with Gasteiger partial charge in [-0.2, -0.15) is 0 Å². The first-order chi connectivity index (χ1) is 4.44. The Hall–Kier alpha value is -0.230. The lowest BCUT2D eigenvalue weighted by Gasteiger charge is -2.05. The van der Waals surface area contributed by atoms with E-state index in [2.05, 4.69) is 4.74 Å². The highest BCUT2D eigenvalue weighted by Gasteiger charge is 2.75. The predicted molar refractivity (Wildman–Crippen MR) is 38.8 cm³/mol. The zero-order valence-corrected chi connectivity index (χ0v) is 7.48. The van der Waals surface area contributed by atoms with Crippen molar-refractivity contribution in [1.82, 2.24) is 0 Å². The summed E-state index contributed by atoms with van der Waals surface area (Å²) in [5, 5.41) is 0. The molecule has 1 saturated carbocycles. The summed E-state index contributed by atoms with van der Waals surface area (Å²) in [5.41, 5.74) is 2.91. The Morgan fingerprint density at radius 1 is 1.64 bits per heavy atom. The average molecular weight is 232 g/mol. The molecular formula is C5H8BrF2NO2. The van der Waals surface area contributed by atoms with E-state index >= 15 is 0 Å². The summed E-state index contributed by atoms with van der Waals surface area (Å²) in [6, 6.07) is 0. The molecule has 2 N–H and O–H groups in total. The van der Waals surface area contributed by atoms with Crippen molar-refractivity contribution < 1.29 is 18.3 Å². The van der Waals surface area contributed by atoms with Gasteiger partial charge < -0.3 is 10.5 Å². The largest absolute Gasteiger partial charge is 0.467 e. The van der Waals surface area contributed by atoms with Crippen LogP contribution in [0.15, 0.2) is 0 Å². The molecule has 0 spiro atoms. The molecule has 0 saturated heterocycles. The Kier molecular flexibility index (Phi) is 2.62. The van der Waals surface area contributed by atoms with Crippen LogP contribution >= 0.6 is 17.0 Å². The van der Waals surface area contributed by atoms with Gasteiger partial charge in [0.2, 0.25) is 0 Å². The van der Waals surface area contributed by atoms with Gasteiger partial charge in [-0.1, -0.05) is 0 Å². The number of carbonyl (C=O) groups excluding carboxylic acids is 1. The molecule has 0 aliphatic heterocycles. The number of halogens is 3. The van der Waals surface area contributed by atoms with Crippen molar-refractivity contribution in [3.63, 3.8) is 0 Å². The van der Waals surface area contributed by atoms with Gasteiger partial charge in [0.05, 0.1) is 7.11 Å². The van der Waals surface area contributed by atoms with Crippen LogP contribution in [0.25, 0.3) is 0 Å². The Morgan fingerprint density at radius 3 is 2.09 bits per heavy atom. The molecule has 1 fully saturated rings. The zero-order valence-electron chi connectivity index (χ0n) is 5.77. The maximum atomic E-state index is 12.2. The maximum absolute atomic E-state index is 12.2. The first-order valence-electron chi connectivity index (χ1n) is 2.69. The SMILES string of the molecule is Br.COC(=O)C1(N)CC1(F)F. The Morgan fingerprint density at radius 2 is 2.00 bits per heavy atom. The van der Waals surface area contributed by atoms with Crippen LogP contribution in [0.4, 0.5) is 8.78 Å². The summed E-state index contributed by atoms with van der Waals surface area (Å²) in [6.45, 7) is 0. The summed E-state index contributed by atoms with van der Waals surface area (Å²) in [6.07, 6.45) is -0.604. The Balaban J connectivity index is 0.000001000. The first kappa shape index (κ1) is 10.8. The number of ether oxygens (including phenoxy) is 1. The highest BCUT2D eigenvalue weighted by molar-refractivity contribution is 8.93. The van der Waals surface area contributed by atoms with E-state index in [0.29, 0.717) is 0 Å². The van der Waals surface area contributed by atoms with Crippen LogP contribution < -0.4 is 5.73 Å². The molecule has 0 amide bonds. The number of methoxy groups -OCH3 is 1. The van der Waals surface area contributed by atoms with Crippen molar-refractivity contribution in [1.29, 1.82) is 0 Å². The number of esters is 1. The van der Waals surface area contributed by atoms with E-state index in [1.165, 1.54) is 0 Å². The highest BCUT2D eigenvalue weighted by atomic mass is 79.9. The highest BCUT2D eigenvalue weighted by Crippen LogP contribution is 2.51. The molecule has 1 aliphatic rings. The van der Waals surface area contributed by atoms with Crippen molar-refractivity contribution in [2.24, 2.45) is 5.73 Å². The summed E-state index contributed by atoms with van der Waals surface area (Å²) in [5.74, 6) is -4.11. The van der Waals surface area contributed by atoms with Crippen molar-refractivity contribution in [2.75, 3.05) is 7.11 Å². The van der Waals surface area contributed by atoms with Crippen molar-refractivity contribution in [2.45, 2.75) is 17.9 Å². The number of rotatable bonds is 1. The van der Waals surface area contributed by atoms with Crippen LogP contribution in [0, 0.1) is 0 Å². The third-order valence-electron chi connectivity index (χ3n) is 1.58. The smallest absolute Gasteiger partial charge is 0.332 e. The van der Waals surface area contributed by atoms with E-state index in [0.717, 1.165) is 7.11 Å². The van der Waals surface area contributed by atoms with Crippen molar-refractivity contribution in [3.8, 4) is 0 Å². The number of nitrogens with two attached hydrogens (primary N) is 1. The molecule has 0 heterocycles. The van der Waals surface area contributed by atoms with E-state index < -0.39 is 23.9 Å². The van der Waals surface area contributed by atoms with Crippen LogP contribution in [-0.2, 0) is 9.53 Å². The average Bonchev–Trinajstić information content (AvgIpc) is 2.32. The third-order valence-corrected chi connectivity index (χ3v) is 1.58. The minimum atomic E-state index is -3.07. The number of alkyl halides is 2. The minimum Gasteiger partial charge on any atom is -0.467 e. The van der Waals surface area contributed by atoms with Crippen LogP contribution in [-0.4, -0.2) is 24.5 Å². The lowest BCUT2D eigenvalue weighted by molar-refractivity contribution is -0.146.